The highest BCUT2D eigenvalue weighted by molar-refractivity contribution is 6.07. The predicted octanol–water partition coefficient (Wildman–Crippen LogP) is 6.01. The molecule has 0 spiro atoms. The maximum absolute atomic E-state index is 13.2. The minimum atomic E-state index is -0.306. The van der Waals surface area contributed by atoms with Crippen LogP contribution in [0.1, 0.15) is 56.7 Å². The smallest absolute Gasteiger partial charge is 0.326 e. The molecule has 0 saturated heterocycles. The molecule has 0 fully saturated rings. The van der Waals surface area contributed by atoms with E-state index in [4.69, 9.17) is 0 Å². The van der Waals surface area contributed by atoms with Gasteiger partial charge in [-0.15, -0.1) is 0 Å². The normalized spacial score (nSPS) is 12.2. The number of urea groups is 1. The maximum atomic E-state index is 13.2. The highest BCUT2D eigenvalue weighted by atomic mass is 16.3. The van der Waals surface area contributed by atoms with Crippen LogP contribution in [0, 0.1) is 6.92 Å². The summed E-state index contributed by atoms with van der Waals surface area (Å²) >= 11 is 0. The second-order valence-corrected chi connectivity index (χ2v) is 8.58. The number of nitrogens with one attached hydrogen (secondary N) is 1. The van der Waals surface area contributed by atoms with E-state index in [9.17, 15) is 15.0 Å². The Morgan fingerprint density at radius 3 is 2.44 bits per heavy atom. The zero-order valence-corrected chi connectivity index (χ0v) is 19.9. The second-order valence-electron chi connectivity index (χ2n) is 8.58. The number of hydrogen-bond donors (Lipinski definition) is 3. The number of nitrogens with zero attached hydrogens (tertiary/aromatic N) is 2. The number of hydrogen-bond acceptors (Lipinski definition) is 3. The molecule has 0 aliphatic carbocycles. The van der Waals surface area contributed by atoms with Crippen LogP contribution < -0.4 is 10.2 Å². The molecule has 0 aliphatic rings. The largest absolute Gasteiger partial charge is 0.508 e. The first-order chi connectivity index (χ1) is 15.1. The van der Waals surface area contributed by atoms with Crippen molar-refractivity contribution in [2.45, 2.75) is 47.0 Å². The van der Waals surface area contributed by atoms with Crippen molar-refractivity contribution in [3.63, 3.8) is 0 Å². The Morgan fingerprint density at radius 2 is 1.84 bits per heavy atom. The summed E-state index contributed by atoms with van der Waals surface area (Å²) in [5, 5.41) is 25.0. The molecule has 6 nitrogen and oxygen atoms in total. The van der Waals surface area contributed by atoms with Gasteiger partial charge in [0.25, 0.3) is 0 Å². The third kappa shape index (κ3) is 4.05. The molecule has 3 N–H and O–H groups in total. The molecule has 1 aromatic heterocycles. The number of phenols is 2. The van der Waals surface area contributed by atoms with Crippen LogP contribution in [-0.4, -0.2) is 27.9 Å². The molecule has 0 unspecified atom stereocenters. The van der Waals surface area contributed by atoms with Gasteiger partial charge in [-0.05, 0) is 67.2 Å². The van der Waals surface area contributed by atoms with Gasteiger partial charge in [0.1, 0.15) is 11.5 Å². The molecular weight excluding hydrogens is 402 g/mol. The zero-order valence-electron chi connectivity index (χ0n) is 19.9. The van der Waals surface area contributed by atoms with Gasteiger partial charge in [-0.2, -0.15) is 0 Å². The number of anilines is 1. The van der Waals surface area contributed by atoms with Gasteiger partial charge in [0.2, 0.25) is 0 Å². The SMILES string of the molecule is CCC(C)=C(c1cc(C(C)C)c(O)cc1O)N(C(=O)NC)c1ccc2c(c1)c(C)cn2C. The average molecular weight is 436 g/mol. The van der Waals surface area contributed by atoms with Gasteiger partial charge in [0.15, 0.2) is 0 Å². The Kier molecular flexibility index (Phi) is 6.53. The van der Waals surface area contributed by atoms with Crippen molar-refractivity contribution in [1.82, 2.24) is 9.88 Å². The molecule has 0 aliphatic heterocycles. The third-order valence-electron chi connectivity index (χ3n) is 6.03. The summed E-state index contributed by atoms with van der Waals surface area (Å²) in [5.74, 6) is 0.0254. The Balaban J connectivity index is 2.32. The van der Waals surface area contributed by atoms with Gasteiger partial charge >= 0.3 is 6.03 Å². The molecule has 2 aromatic carbocycles. The van der Waals surface area contributed by atoms with E-state index in [1.807, 2.05) is 59.9 Å². The van der Waals surface area contributed by atoms with Crippen molar-refractivity contribution in [3.8, 4) is 11.5 Å². The van der Waals surface area contributed by atoms with Gasteiger partial charge in [-0.1, -0.05) is 20.8 Å². The van der Waals surface area contributed by atoms with Crippen molar-refractivity contribution in [2.24, 2.45) is 7.05 Å². The van der Waals surface area contributed by atoms with Crippen LogP contribution in [0.25, 0.3) is 16.6 Å². The number of fused-ring (bicyclic) bond motifs is 1. The lowest BCUT2D eigenvalue weighted by Gasteiger charge is -2.29. The van der Waals surface area contributed by atoms with E-state index in [2.05, 4.69) is 16.1 Å². The molecule has 0 atom stereocenters. The number of aromatic nitrogens is 1. The number of phenolic OH excluding ortho intramolecular Hbond substituents is 2. The molecular formula is C26H33N3O3. The lowest BCUT2D eigenvalue weighted by atomic mass is 9.95. The lowest BCUT2D eigenvalue weighted by Crippen LogP contribution is -2.37. The van der Waals surface area contributed by atoms with Crippen LogP contribution in [0.4, 0.5) is 10.5 Å². The minimum Gasteiger partial charge on any atom is -0.508 e. The predicted molar refractivity (Wildman–Crippen MR) is 131 cm³/mol. The Morgan fingerprint density at radius 1 is 1.16 bits per heavy atom. The van der Waals surface area contributed by atoms with Crippen LogP contribution in [0.15, 0.2) is 42.1 Å². The number of amides is 2. The van der Waals surface area contributed by atoms with Crippen molar-refractivity contribution < 1.29 is 15.0 Å². The molecule has 32 heavy (non-hydrogen) atoms. The van der Waals surface area contributed by atoms with Gasteiger partial charge in [-0.25, -0.2) is 4.79 Å². The fraction of sp³-hybridized carbons (Fsp3) is 0.346. The molecule has 0 radical (unpaired) electrons. The fourth-order valence-electron chi connectivity index (χ4n) is 4.13. The summed E-state index contributed by atoms with van der Waals surface area (Å²) in [6, 6.07) is 8.76. The molecule has 0 bridgehead atoms. The zero-order chi connectivity index (χ0) is 23.7. The van der Waals surface area contributed by atoms with E-state index in [1.54, 1.807) is 18.0 Å². The molecule has 170 valence electrons. The summed E-state index contributed by atoms with van der Waals surface area (Å²) in [7, 11) is 3.59. The Hall–Kier alpha value is -3.41. The molecule has 0 saturated carbocycles. The average Bonchev–Trinajstić information content (AvgIpc) is 3.04. The number of aromatic hydroxyl groups is 2. The highest BCUT2D eigenvalue weighted by Gasteiger charge is 2.26. The fourth-order valence-corrected chi connectivity index (χ4v) is 4.13. The van der Waals surface area contributed by atoms with Crippen molar-refractivity contribution >= 4 is 28.3 Å². The van der Waals surface area contributed by atoms with E-state index in [0.29, 0.717) is 28.9 Å². The number of rotatable bonds is 5. The third-order valence-corrected chi connectivity index (χ3v) is 6.03. The minimum absolute atomic E-state index is 0.0441. The van der Waals surface area contributed by atoms with Crippen LogP contribution in [0.3, 0.4) is 0 Å². The molecule has 1 heterocycles. The Bertz CT molecular complexity index is 1200. The van der Waals surface area contributed by atoms with E-state index < -0.39 is 0 Å². The Labute approximate surface area is 189 Å². The quantitative estimate of drug-likeness (QED) is 0.459. The van der Waals surface area contributed by atoms with Gasteiger partial charge < -0.3 is 20.1 Å². The summed E-state index contributed by atoms with van der Waals surface area (Å²) < 4.78 is 2.06. The van der Waals surface area contributed by atoms with Crippen LogP contribution in [0.5, 0.6) is 11.5 Å². The standard InChI is InChI=1S/C26H33N3O3/c1-8-16(4)25(21-12-19(15(2)3)23(30)13-24(21)31)29(26(32)27-6)18-9-10-22-20(11-18)17(5)14-28(22)7/h9-15,30-31H,8H2,1-7H3,(H,27,32). The number of aryl methyl sites for hydroxylation is 2. The maximum Gasteiger partial charge on any atom is 0.326 e. The molecule has 6 heteroatoms. The summed E-state index contributed by atoms with van der Waals surface area (Å²) in [6.45, 7) is 9.98. The monoisotopic (exact) mass is 435 g/mol. The van der Waals surface area contributed by atoms with Crippen LogP contribution >= 0.6 is 0 Å². The van der Waals surface area contributed by atoms with Gasteiger partial charge in [0, 0.05) is 42.8 Å². The number of benzene rings is 2. The van der Waals surface area contributed by atoms with E-state index in [-0.39, 0.29) is 23.4 Å². The first-order valence-corrected chi connectivity index (χ1v) is 10.9. The first kappa shape index (κ1) is 23.3. The second kappa shape index (κ2) is 8.99. The van der Waals surface area contributed by atoms with Crippen molar-refractivity contribution in [1.29, 1.82) is 0 Å². The summed E-state index contributed by atoms with van der Waals surface area (Å²) in [5.41, 5.74) is 5.68. The molecule has 2 amide bonds. The number of carbonyl (C=O) groups excluding carboxylic acids is 1. The van der Waals surface area contributed by atoms with E-state index in [0.717, 1.165) is 22.0 Å². The lowest BCUT2D eigenvalue weighted by molar-refractivity contribution is 0.250. The van der Waals surface area contributed by atoms with Gasteiger partial charge in [-0.3, -0.25) is 4.90 Å². The van der Waals surface area contributed by atoms with Crippen molar-refractivity contribution in [2.75, 3.05) is 11.9 Å². The van der Waals surface area contributed by atoms with Crippen LogP contribution in [0.2, 0.25) is 0 Å². The molecule has 3 rings (SSSR count). The summed E-state index contributed by atoms with van der Waals surface area (Å²) in [4.78, 5) is 14.8. The van der Waals surface area contributed by atoms with E-state index >= 15 is 0 Å². The highest BCUT2D eigenvalue weighted by Crippen LogP contribution is 2.40. The molecule has 3 aromatic rings. The number of allylic oxidation sites excluding steroid dienone is 1. The first-order valence-electron chi connectivity index (χ1n) is 10.9. The van der Waals surface area contributed by atoms with Crippen LogP contribution in [-0.2, 0) is 7.05 Å². The topological polar surface area (TPSA) is 77.7 Å². The number of carbonyl (C=O) groups is 1. The summed E-state index contributed by atoms with van der Waals surface area (Å²) in [6.07, 6.45) is 2.75. The van der Waals surface area contributed by atoms with Gasteiger partial charge in [0.05, 0.1) is 11.4 Å². The van der Waals surface area contributed by atoms with E-state index in [1.165, 1.54) is 6.07 Å². The van der Waals surface area contributed by atoms with Crippen molar-refractivity contribution in [3.05, 3.63) is 58.8 Å².